The fourth-order valence-electron chi connectivity index (χ4n) is 2.45. The fourth-order valence-corrected chi connectivity index (χ4v) is 2.45. The van der Waals surface area contributed by atoms with E-state index in [0.717, 1.165) is 12.6 Å². The monoisotopic (exact) mass is 353 g/mol. The third-order valence-electron chi connectivity index (χ3n) is 3.62. The Bertz CT molecular complexity index is 643. The zero-order chi connectivity index (χ0) is 18.6. The van der Waals surface area contributed by atoms with Gasteiger partial charge in [-0.05, 0) is 27.2 Å². The van der Waals surface area contributed by atoms with E-state index in [0.29, 0.717) is 19.7 Å². The van der Waals surface area contributed by atoms with Crippen molar-refractivity contribution in [1.29, 1.82) is 0 Å². The molecule has 0 saturated carbocycles. The van der Waals surface area contributed by atoms with Gasteiger partial charge in [0.15, 0.2) is 5.75 Å². The molecule has 0 radical (unpaired) electrons. The highest BCUT2D eigenvalue weighted by atomic mass is 16.6. The summed E-state index contributed by atoms with van der Waals surface area (Å²) >= 11 is 0. The molecule has 2 heterocycles. The van der Waals surface area contributed by atoms with E-state index in [2.05, 4.69) is 4.98 Å². The van der Waals surface area contributed by atoms with Crippen molar-refractivity contribution in [2.24, 2.45) is 5.92 Å². The highest BCUT2D eigenvalue weighted by molar-refractivity contribution is 5.68. The van der Waals surface area contributed by atoms with Crippen LogP contribution in [0.2, 0.25) is 0 Å². The van der Waals surface area contributed by atoms with Gasteiger partial charge in [0, 0.05) is 19.0 Å². The first-order valence-electron chi connectivity index (χ1n) is 7.98. The average Bonchev–Trinajstić information content (AvgIpc) is 3.00. The molecule has 1 aliphatic rings. The molecule has 1 fully saturated rings. The van der Waals surface area contributed by atoms with E-state index in [9.17, 15) is 14.9 Å². The largest absolute Gasteiger partial charge is 0.487 e. The SMILES string of the molecule is COc1ncc([N+](=O)[O-])cc1OC[C@H]1CCN(C(=O)OC(C)(C)C)C1. The Hall–Kier alpha value is -2.58. The van der Waals surface area contributed by atoms with E-state index in [1.54, 1.807) is 4.90 Å². The Balaban J connectivity index is 1.93. The summed E-state index contributed by atoms with van der Waals surface area (Å²) in [5.74, 6) is 0.511. The topological polar surface area (TPSA) is 104 Å². The smallest absolute Gasteiger partial charge is 0.410 e. The maximum atomic E-state index is 12.1. The second kappa shape index (κ2) is 7.54. The third kappa shape index (κ3) is 5.20. The van der Waals surface area contributed by atoms with E-state index in [4.69, 9.17) is 14.2 Å². The lowest BCUT2D eigenvalue weighted by Crippen LogP contribution is -2.35. The summed E-state index contributed by atoms with van der Waals surface area (Å²) in [6, 6.07) is 1.28. The Kier molecular flexibility index (Phi) is 5.66. The first-order chi connectivity index (χ1) is 11.7. The number of nitrogens with zero attached hydrogens (tertiary/aromatic N) is 3. The molecule has 1 aromatic rings. The molecular formula is C16H23N3O6. The Morgan fingerprint density at radius 3 is 2.80 bits per heavy atom. The first kappa shape index (κ1) is 18.8. The molecule has 1 atom stereocenters. The van der Waals surface area contributed by atoms with Crippen molar-refractivity contribution in [3.8, 4) is 11.6 Å². The number of nitro groups is 1. The van der Waals surface area contributed by atoms with Gasteiger partial charge in [0.05, 0.1) is 24.7 Å². The molecule has 0 spiro atoms. The molecule has 0 bridgehead atoms. The van der Waals surface area contributed by atoms with Crippen molar-refractivity contribution in [2.75, 3.05) is 26.8 Å². The lowest BCUT2D eigenvalue weighted by molar-refractivity contribution is -0.385. The Morgan fingerprint density at radius 1 is 1.48 bits per heavy atom. The number of pyridine rings is 1. The second-order valence-electron chi connectivity index (χ2n) is 6.85. The van der Waals surface area contributed by atoms with Crippen LogP contribution in [0.25, 0.3) is 0 Å². The van der Waals surface area contributed by atoms with Crippen molar-refractivity contribution in [1.82, 2.24) is 9.88 Å². The summed E-state index contributed by atoms with van der Waals surface area (Å²) in [4.78, 5) is 27.9. The molecular weight excluding hydrogens is 330 g/mol. The minimum Gasteiger partial charge on any atom is -0.487 e. The van der Waals surface area contributed by atoms with Crippen LogP contribution in [-0.2, 0) is 4.74 Å². The van der Waals surface area contributed by atoms with E-state index < -0.39 is 10.5 Å². The fraction of sp³-hybridized carbons (Fsp3) is 0.625. The number of likely N-dealkylation sites (tertiary alicyclic amines) is 1. The number of hydrogen-bond donors (Lipinski definition) is 0. The van der Waals surface area contributed by atoms with Crippen molar-refractivity contribution in [2.45, 2.75) is 32.8 Å². The molecule has 2 rings (SSSR count). The van der Waals surface area contributed by atoms with Gasteiger partial charge in [-0.2, -0.15) is 0 Å². The molecule has 0 aromatic carbocycles. The number of aromatic nitrogens is 1. The summed E-state index contributed by atoms with van der Waals surface area (Å²) < 4.78 is 16.1. The molecule has 1 aliphatic heterocycles. The number of carbonyl (C=O) groups is 1. The highest BCUT2D eigenvalue weighted by Crippen LogP contribution is 2.29. The molecule has 138 valence electrons. The summed E-state index contributed by atoms with van der Waals surface area (Å²) in [7, 11) is 1.42. The normalized spacial score (nSPS) is 17.3. The molecule has 9 nitrogen and oxygen atoms in total. The molecule has 9 heteroatoms. The van der Waals surface area contributed by atoms with Gasteiger partial charge in [0.1, 0.15) is 11.8 Å². The van der Waals surface area contributed by atoms with Gasteiger partial charge in [0.2, 0.25) is 0 Å². The van der Waals surface area contributed by atoms with Gasteiger partial charge in [-0.15, -0.1) is 0 Å². The minimum atomic E-state index is -0.543. The number of rotatable bonds is 5. The van der Waals surface area contributed by atoms with Crippen LogP contribution in [0, 0.1) is 16.0 Å². The molecule has 25 heavy (non-hydrogen) atoms. The van der Waals surface area contributed by atoms with Crippen LogP contribution in [0.15, 0.2) is 12.3 Å². The Morgan fingerprint density at radius 2 is 2.20 bits per heavy atom. The molecule has 0 aliphatic carbocycles. The first-order valence-corrected chi connectivity index (χ1v) is 7.98. The molecule has 1 amide bonds. The van der Waals surface area contributed by atoms with Crippen LogP contribution in [0.1, 0.15) is 27.2 Å². The van der Waals surface area contributed by atoms with Crippen LogP contribution in [0.4, 0.5) is 10.5 Å². The lowest BCUT2D eigenvalue weighted by atomic mass is 10.1. The van der Waals surface area contributed by atoms with Crippen molar-refractivity contribution < 1.29 is 23.9 Å². The van der Waals surface area contributed by atoms with Gasteiger partial charge >= 0.3 is 6.09 Å². The molecule has 0 N–H and O–H groups in total. The number of ether oxygens (including phenoxy) is 3. The van der Waals surface area contributed by atoms with E-state index in [-0.39, 0.29) is 29.3 Å². The van der Waals surface area contributed by atoms with Gasteiger partial charge in [-0.1, -0.05) is 0 Å². The summed E-state index contributed by atoms with van der Waals surface area (Å²) in [5.41, 5.74) is -0.703. The maximum absolute atomic E-state index is 12.1. The number of amides is 1. The van der Waals surface area contributed by atoms with Crippen molar-refractivity contribution in [3.63, 3.8) is 0 Å². The van der Waals surface area contributed by atoms with E-state index in [1.165, 1.54) is 13.2 Å². The van der Waals surface area contributed by atoms with Gasteiger partial charge < -0.3 is 19.1 Å². The predicted octanol–water partition coefficient (Wildman–Crippen LogP) is 2.63. The maximum Gasteiger partial charge on any atom is 0.410 e. The number of carbonyl (C=O) groups excluding carboxylic acids is 1. The molecule has 1 aromatic heterocycles. The molecule has 0 unspecified atom stereocenters. The van der Waals surface area contributed by atoms with E-state index in [1.807, 2.05) is 20.8 Å². The van der Waals surface area contributed by atoms with Gasteiger partial charge in [-0.3, -0.25) is 10.1 Å². The van der Waals surface area contributed by atoms with E-state index >= 15 is 0 Å². The van der Waals surface area contributed by atoms with Crippen LogP contribution in [0.5, 0.6) is 11.6 Å². The zero-order valence-electron chi connectivity index (χ0n) is 14.9. The van der Waals surface area contributed by atoms with Crippen LogP contribution in [-0.4, -0.2) is 53.3 Å². The van der Waals surface area contributed by atoms with Crippen LogP contribution < -0.4 is 9.47 Å². The second-order valence-corrected chi connectivity index (χ2v) is 6.85. The van der Waals surface area contributed by atoms with Gasteiger partial charge in [0.25, 0.3) is 11.6 Å². The quantitative estimate of drug-likeness (QED) is 0.592. The Labute approximate surface area is 146 Å². The van der Waals surface area contributed by atoms with Crippen LogP contribution >= 0.6 is 0 Å². The summed E-state index contributed by atoms with van der Waals surface area (Å²) in [6.45, 7) is 6.88. The van der Waals surface area contributed by atoms with Crippen LogP contribution in [0.3, 0.4) is 0 Å². The zero-order valence-corrected chi connectivity index (χ0v) is 14.9. The summed E-state index contributed by atoms with van der Waals surface area (Å²) in [5, 5.41) is 10.9. The number of hydrogen-bond acceptors (Lipinski definition) is 7. The van der Waals surface area contributed by atoms with Crippen molar-refractivity contribution in [3.05, 3.63) is 22.4 Å². The minimum absolute atomic E-state index is 0.108. The standard InChI is InChI=1S/C16H23N3O6/c1-16(2,3)25-15(20)18-6-5-11(9-18)10-24-13-7-12(19(21)22)8-17-14(13)23-4/h7-8,11H,5-6,9-10H2,1-4H3/t11-/m0/s1. The highest BCUT2D eigenvalue weighted by Gasteiger charge is 2.30. The third-order valence-corrected chi connectivity index (χ3v) is 3.62. The van der Waals surface area contributed by atoms with Gasteiger partial charge in [-0.25, -0.2) is 9.78 Å². The van der Waals surface area contributed by atoms with Crippen molar-refractivity contribution >= 4 is 11.8 Å². The average molecular weight is 353 g/mol. The molecule has 1 saturated heterocycles. The summed E-state index contributed by atoms with van der Waals surface area (Å²) in [6.07, 6.45) is 1.54. The predicted molar refractivity (Wildman–Crippen MR) is 88.9 cm³/mol. The number of methoxy groups -OCH3 is 1. The lowest BCUT2D eigenvalue weighted by Gasteiger charge is -2.24.